The van der Waals surface area contributed by atoms with E-state index >= 15 is 0 Å². The highest BCUT2D eigenvalue weighted by molar-refractivity contribution is 6.92. The first-order chi connectivity index (χ1) is 3.41. The second kappa shape index (κ2) is 6.47. The molecule has 0 unspecified atom stereocenters. The number of hydrogen-bond acceptors (Lipinski definition) is 1. The molecule has 0 fully saturated rings. The van der Waals surface area contributed by atoms with Crippen LogP contribution in [0.4, 0.5) is 0 Å². The van der Waals surface area contributed by atoms with Crippen molar-refractivity contribution < 1.29 is 0 Å². The maximum atomic E-state index is 5.47. The third kappa shape index (κ3) is 6.47. The van der Waals surface area contributed by atoms with E-state index in [2.05, 4.69) is 11.9 Å². The van der Waals surface area contributed by atoms with Crippen LogP contribution in [0.5, 0.6) is 0 Å². The van der Waals surface area contributed by atoms with Gasteiger partial charge in [-0.15, -0.1) is 0 Å². The zero-order chi connectivity index (χ0) is 5.54. The Morgan fingerprint density at radius 2 is 2.43 bits per heavy atom. The fourth-order valence-corrected chi connectivity index (χ4v) is 1.15. The third-order valence-corrected chi connectivity index (χ3v) is 1.91. The highest BCUT2D eigenvalue weighted by atomic mass is 35.6. The van der Waals surface area contributed by atoms with Crippen molar-refractivity contribution in [1.82, 2.24) is 4.98 Å². The second-order valence-electron chi connectivity index (χ2n) is 1.49. The number of hydrogen-bond donors (Lipinski definition) is 1. The molecule has 44 valence electrons. The summed E-state index contributed by atoms with van der Waals surface area (Å²) >= 11 is 5.47. The summed E-state index contributed by atoms with van der Waals surface area (Å²) in [6.45, 7) is 3.30. The molecule has 0 aromatic carbocycles. The molecular formula is C4H12ClNSi. The SMILES string of the molecule is CCCCN[SiH2]Cl. The van der Waals surface area contributed by atoms with Gasteiger partial charge in [-0.1, -0.05) is 13.3 Å². The van der Waals surface area contributed by atoms with Gasteiger partial charge in [0.15, 0.2) is 8.99 Å². The topological polar surface area (TPSA) is 12.0 Å². The van der Waals surface area contributed by atoms with Crippen LogP contribution in [0.25, 0.3) is 0 Å². The van der Waals surface area contributed by atoms with E-state index in [1.54, 1.807) is 0 Å². The van der Waals surface area contributed by atoms with Gasteiger partial charge in [0, 0.05) is 0 Å². The van der Waals surface area contributed by atoms with Crippen molar-refractivity contribution in [3.8, 4) is 0 Å². The smallest absolute Gasteiger partial charge is 0.195 e. The first-order valence-electron chi connectivity index (χ1n) is 2.68. The van der Waals surface area contributed by atoms with Gasteiger partial charge in [0.05, 0.1) is 0 Å². The lowest BCUT2D eigenvalue weighted by Crippen LogP contribution is -2.15. The predicted octanol–water partition coefficient (Wildman–Crippen LogP) is 0.614. The zero-order valence-corrected chi connectivity index (χ0v) is 6.88. The molecule has 3 heteroatoms. The van der Waals surface area contributed by atoms with Crippen LogP contribution in [-0.2, 0) is 0 Å². The Labute approximate surface area is 52.0 Å². The van der Waals surface area contributed by atoms with Crippen molar-refractivity contribution >= 4 is 20.1 Å². The zero-order valence-electron chi connectivity index (χ0n) is 4.71. The summed E-state index contributed by atoms with van der Waals surface area (Å²) in [5.41, 5.74) is 0. The van der Waals surface area contributed by atoms with Gasteiger partial charge in [-0.25, -0.2) is 0 Å². The Kier molecular flexibility index (Phi) is 6.90. The lowest BCUT2D eigenvalue weighted by atomic mass is 10.3. The van der Waals surface area contributed by atoms with Gasteiger partial charge >= 0.3 is 0 Å². The number of halogens is 1. The summed E-state index contributed by atoms with van der Waals surface area (Å²) < 4.78 is 0. The van der Waals surface area contributed by atoms with Gasteiger partial charge in [-0.05, 0) is 13.0 Å². The van der Waals surface area contributed by atoms with Crippen LogP contribution in [0.3, 0.4) is 0 Å². The van der Waals surface area contributed by atoms with Gasteiger partial charge in [0.1, 0.15) is 0 Å². The van der Waals surface area contributed by atoms with Crippen LogP contribution in [-0.4, -0.2) is 15.5 Å². The fourth-order valence-electron chi connectivity index (χ4n) is 0.369. The van der Waals surface area contributed by atoms with E-state index in [9.17, 15) is 0 Å². The van der Waals surface area contributed by atoms with Gasteiger partial charge in [-0.3, -0.25) is 0 Å². The van der Waals surface area contributed by atoms with E-state index in [4.69, 9.17) is 11.1 Å². The minimum absolute atomic E-state index is 0.384. The van der Waals surface area contributed by atoms with Gasteiger partial charge in [0.2, 0.25) is 0 Å². The van der Waals surface area contributed by atoms with Crippen LogP contribution in [0, 0.1) is 0 Å². The monoisotopic (exact) mass is 137 g/mol. The molecule has 1 nitrogen and oxygen atoms in total. The first kappa shape index (κ1) is 7.47. The molecular weight excluding hydrogens is 126 g/mol. The molecule has 0 aliphatic carbocycles. The average molecular weight is 138 g/mol. The quantitative estimate of drug-likeness (QED) is 0.340. The largest absolute Gasteiger partial charge is 0.330 e. The molecule has 0 atom stereocenters. The molecule has 0 saturated heterocycles. The number of rotatable bonds is 4. The van der Waals surface area contributed by atoms with Crippen LogP contribution >= 0.6 is 11.1 Å². The summed E-state index contributed by atoms with van der Waals surface area (Å²) in [5.74, 6) is 0. The molecule has 0 spiro atoms. The predicted molar refractivity (Wildman–Crippen MR) is 37.3 cm³/mol. The molecule has 1 N–H and O–H groups in total. The summed E-state index contributed by atoms with van der Waals surface area (Å²) in [7, 11) is -0.384. The normalized spacial score (nSPS) is 11.1. The molecule has 7 heavy (non-hydrogen) atoms. The van der Waals surface area contributed by atoms with Gasteiger partial charge in [-0.2, -0.15) is 11.1 Å². The Bertz CT molecular complexity index is 30.9. The highest BCUT2D eigenvalue weighted by Gasteiger charge is 1.79. The molecule has 0 amide bonds. The van der Waals surface area contributed by atoms with Gasteiger partial charge < -0.3 is 4.98 Å². The molecule has 0 saturated carbocycles. The first-order valence-corrected chi connectivity index (χ1v) is 5.53. The Morgan fingerprint density at radius 1 is 1.71 bits per heavy atom. The van der Waals surface area contributed by atoms with Crippen molar-refractivity contribution in [2.75, 3.05) is 6.54 Å². The standard InChI is InChI=1S/C4H12ClNSi/c1-2-3-4-6-7-5/h6H,2-4,7H2,1H3. The Hall–Kier alpha value is 0.467. The van der Waals surface area contributed by atoms with Crippen molar-refractivity contribution in [1.29, 1.82) is 0 Å². The van der Waals surface area contributed by atoms with E-state index in [0.29, 0.717) is 0 Å². The molecule has 0 radical (unpaired) electrons. The van der Waals surface area contributed by atoms with Crippen LogP contribution in [0.2, 0.25) is 0 Å². The van der Waals surface area contributed by atoms with E-state index in [1.807, 2.05) is 0 Å². The third-order valence-electron chi connectivity index (χ3n) is 0.802. The van der Waals surface area contributed by atoms with E-state index < -0.39 is 0 Å². The molecule has 0 aliphatic heterocycles. The molecule has 0 bridgehead atoms. The molecule has 0 aromatic rings. The maximum absolute atomic E-state index is 5.47. The number of nitrogens with one attached hydrogen (secondary N) is 1. The van der Waals surface area contributed by atoms with E-state index in [1.165, 1.54) is 12.8 Å². The lowest BCUT2D eigenvalue weighted by molar-refractivity contribution is 0.769. The molecule has 0 heterocycles. The Morgan fingerprint density at radius 3 is 2.86 bits per heavy atom. The lowest BCUT2D eigenvalue weighted by Gasteiger charge is -1.93. The fraction of sp³-hybridized carbons (Fsp3) is 1.00. The highest BCUT2D eigenvalue weighted by Crippen LogP contribution is 1.80. The van der Waals surface area contributed by atoms with Crippen LogP contribution < -0.4 is 4.98 Å². The van der Waals surface area contributed by atoms with Crippen molar-refractivity contribution in [2.45, 2.75) is 19.8 Å². The minimum atomic E-state index is -0.384. The molecule has 0 aliphatic rings. The molecule has 0 rings (SSSR count). The maximum Gasteiger partial charge on any atom is 0.195 e. The van der Waals surface area contributed by atoms with Gasteiger partial charge in [0.25, 0.3) is 0 Å². The molecule has 0 aromatic heterocycles. The van der Waals surface area contributed by atoms with Crippen LogP contribution in [0.1, 0.15) is 19.8 Å². The van der Waals surface area contributed by atoms with E-state index in [0.717, 1.165) is 6.54 Å². The summed E-state index contributed by atoms with van der Waals surface area (Å²) in [6, 6.07) is 0. The summed E-state index contributed by atoms with van der Waals surface area (Å²) in [4.78, 5) is 3.15. The van der Waals surface area contributed by atoms with Crippen LogP contribution in [0.15, 0.2) is 0 Å². The second-order valence-corrected chi connectivity index (χ2v) is 3.06. The minimum Gasteiger partial charge on any atom is -0.330 e. The summed E-state index contributed by atoms with van der Waals surface area (Å²) in [5, 5.41) is 0. The van der Waals surface area contributed by atoms with E-state index in [-0.39, 0.29) is 8.99 Å². The van der Waals surface area contributed by atoms with Crippen molar-refractivity contribution in [3.63, 3.8) is 0 Å². The Balaban J connectivity index is 2.45. The average Bonchev–Trinajstić information content (AvgIpc) is 1.69. The number of unbranched alkanes of at least 4 members (excludes halogenated alkanes) is 1. The van der Waals surface area contributed by atoms with Crippen molar-refractivity contribution in [3.05, 3.63) is 0 Å². The van der Waals surface area contributed by atoms with Crippen molar-refractivity contribution in [2.24, 2.45) is 0 Å². The summed E-state index contributed by atoms with van der Waals surface area (Å²) in [6.07, 6.45) is 2.53.